The Bertz CT molecular complexity index is 1570. The van der Waals surface area contributed by atoms with Gasteiger partial charge in [0.1, 0.15) is 34.5 Å². The van der Waals surface area contributed by atoms with Crippen LogP contribution in [0.4, 0.5) is 5.82 Å². The third kappa shape index (κ3) is 6.36. The second kappa shape index (κ2) is 11.4. The fourth-order valence-corrected chi connectivity index (χ4v) is 3.66. The molecule has 188 valence electrons. The first-order valence-electron chi connectivity index (χ1n) is 11.3. The van der Waals surface area contributed by atoms with Gasteiger partial charge in [-0.1, -0.05) is 23.8 Å². The number of pyridine rings is 1. The summed E-state index contributed by atoms with van der Waals surface area (Å²) in [6, 6.07) is 16.8. The van der Waals surface area contributed by atoms with Crippen LogP contribution in [0.2, 0.25) is 0 Å². The summed E-state index contributed by atoms with van der Waals surface area (Å²) in [6.07, 6.45) is 5.37. The number of aromatic nitrogens is 3. The standard InChI is InChI=1S/C27H24N4O3.O2S/c1-17-4-7-21(8-5-17)33-24-12-20(27(32)30-26-9-6-18(2)15-29-26)13-25-23(24)14-22(34-25)16-31-11-10-28-19(31)3;1-3-2/h4-15H,16H2,1-3H3,(H,29,30,32);. The molecule has 0 bridgehead atoms. The number of hydrogen-bond donors (Lipinski definition) is 1. The molecule has 0 aliphatic heterocycles. The molecule has 3 heterocycles. The van der Waals surface area contributed by atoms with Gasteiger partial charge in [-0.15, -0.1) is 0 Å². The first-order chi connectivity index (χ1) is 17.9. The lowest BCUT2D eigenvalue weighted by molar-refractivity contribution is 0.102. The molecule has 0 atom stereocenters. The van der Waals surface area contributed by atoms with E-state index in [1.54, 1.807) is 30.6 Å². The Morgan fingerprint density at radius 2 is 1.73 bits per heavy atom. The smallest absolute Gasteiger partial charge is 0.335 e. The van der Waals surface area contributed by atoms with E-state index in [0.717, 1.165) is 28.1 Å². The van der Waals surface area contributed by atoms with Crippen LogP contribution in [-0.4, -0.2) is 28.9 Å². The van der Waals surface area contributed by atoms with E-state index >= 15 is 0 Å². The minimum Gasteiger partial charge on any atom is -0.459 e. The number of hydrogen-bond acceptors (Lipinski definition) is 7. The van der Waals surface area contributed by atoms with Crippen molar-refractivity contribution in [3.63, 3.8) is 0 Å². The maximum atomic E-state index is 13.0. The van der Waals surface area contributed by atoms with E-state index in [1.807, 2.05) is 67.9 Å². The van der Waals surface area contributed by atoms with Gasteiger partial charge in [-0.3, -0.25) is 4.79 Å². The summed E-state index contributed by atoms with van der Waals surface area (Å²) in [6.45, 7) is 6.43. The van der Waals surface area contributed by atoms with Crippen LogP contribution >= 0.6 is 0 Å². The molecule has 2 aromatic carbocycles. The van der Waals surface area contributed by atoms with Gasteiger partial charge in [-0.25, -0.2) is 9.97 Å². The Morgan fingerprint density at radius 1 is 1.00 bits per heavy atom. The topological polar surface area (TPSA) is 116 Å². The number of rotatable bonds is 6. The van der Waals surface area contributed by atoms with Gasteiger partial charge in [0.2, 0.25) is 0 Å². The van der Waals surface area contributed by atoms with Crippen molar-refractivity contribution in [3.8, 4) is 11.5 Å². The van der Waals surface area contributed by atoms with Crippen LogP contribution in [0.3, 0.4) is 0 Å². The quantitative estimate of drug-likeness (QED) is 0.322. The van der Waals surface area contributed by atoms with Gasteiger partial charge < -0.3 is 19.0 Å². The van der Waals surface area contributed by atoms with Crippen molar-refractivity contribution in [2.45, 2.75) is 27.3 Å². The zero-order chi connectivity index (χ0) is 26.4. The van der Waals surface area contributed by atoms with Crippen molar-refractivity contribution >= 4 is 34.3 Å². The first kappa shape index (κ1) is 25.5. The lowest BCUT2D eigenvalue weighted by atomic mass is 10.1. The molecule has 5 rings (SSSR count). The van der Waals surface area contributed by atoms with Crippen molar-refractivity contribution < 1.29 is 22.4 Å². The maximum absolute atomic E-state index is 13.0. The molecule has 0 saturated carbocycles. The van der Waals surface area contributed by atoms with Crippen LogP contribution in [0, 0.1) is 20.8 Å². The van der Waals surface area contributed by atoms with Crippen LogP contribution in [0.1, 0.15) is 33.1 Å². The molecule has 0 spiro atoms. The van der Waals surface area contributed by atoms with E-state index < -0.39 is 11.6 Å². The van der Waals surface area contributed by atoms with Crippen LogP contribution < -0.4 is 10.1 Å². The van der Waals surface area contributed by atoms with Gasteiger partial charge in [-0.05, 0) is 62.7 Å². The van der Waals surface area contributed by atoms with E-state index in [9.17, 15) is 4.79 Å². The molecule has 37 heavy (non-hydrogen) atoms. The highest BCUT2D eigenvalue weighted by atomic mass is 32.1. The monoisotopic (exact) mass is 516 g/mol. The van der Waals surface area contributed by atoms with Crippen LogP contribution in [0.5, 0.6) is 11.5 Å². The van der Waals surface area contributed by atoms with Crippen molar-refractivity contribution in [2.24, 2.45) is 0 Å². The Labute approximate surface area is 216 Å². The third-order valence-corrected chi connectivity index (χ3v) is 5.56. The third-order valence-electron chi connectivity index (χ3n) is 5.56. The molecule has 9 nitrogen and oxygen atoms in total. The van der Waals surface area contributed by atoms with E-state index in [0.29, 0.717) is 35.0 Å². The van der Waals surface area contributed by atoms with Crippen molar-refractivity contribution in [1.29, 1.82) is 0 Å². The number of ether oxygens (including phenoxy) is 1. The second-order valence-corrected chi connectivity index (χ2v) is 8.50. The zero-order valence-electron chi connectivity index (χ0n) is 20.4. The largest absolute Gasteiger partial charge is 0.459 e. The highest BCUT2D eigenvalue weighted by molar-refractivity contribution is 7.51. The Kier molecular flexibility index (Phi) is 7.89. The molecule has 10 heteroatoms. The molecule has 0 aliphatic rings. The normalized spacial score (nSPS) is 10.5. The highest BCUT2D eigenvalue weighted by Gasteiger charge is 2.17. The number of nitrogens with zero attached hydrogens (tertiary/aromatic N) is 3. The van der Waals surface area contributed by atoms with Crippen LogP contribution in [0.25, 0.3) is 11.0 Å². The van der Waals surface area contributed by atoms with Crippen molar-refractivity contribution in [2.75, 3.05) is 5.32 Å². The number of carbonyl (C=O) groups is 1. The molecule has 1 N–H and O–H groups in total. The predicted molar refractivity (Wildman–Crippen MR) is 139 cm³/mol. The summed E-state index contributed by atoms with van der Waals surface area (Å²) in [5.74, 6) is 3.03. The van der Waals surface area contributed by atoms with E-state index in [1.165, 1.54) is 0 Å². The molecule has 1 amide bonds. The summed E-state index contributed by atoms with van der Waals surface area (Å²) in [7, 11) is 0. The average molecular weight is 517 g/mol. The minimum absolute atomic E-state index is 0.296. The molecule has 3 aromatic heterocycles. The summed E-state index contributed by atoms with van der Waals surface area (Å²) < 4.78 is 30.9. The summed E-state index contributed by atoms with van der Waals surface area (Å²) in [4.78, 5) is 21.6. The van der Waals surface area contributed by atoms with Gasteiger partial charge >= 0.3 is 11.6 Å². The lowest BCUT2D eigenvalue weighted by Crippen LogP contribution is -2.13. The molecule has 0 fully saturated rings. The van der Waals surface area contributed by atoms with E-state index in [-0.39, 0.29) is 5.91 Å². The SMILES string of the molecule is Cc1ccc(Oc2cc(C(=O)Nc3ccc(C)cn3)cc3oc(Cn4ccnc4C)cc23)cc1.O=S=O. The average Bonchev–Trinajstić information content (AvgIpc) is 3.48. The minimum atomic E-state index is -0.750. The Balaban J connectivity index is 0.00000102. The zero-order valence-corrected chi connectivity index (χ0v) is 21.2. The van der Waals surface area contributed by atoms with Gasteiger partial charge in [0.25, 0.3) is 5.91 Å². The van der Waals surface area contributed by atoms with Crippen LogP contribution in [0.15, 0.2) is 77.6 Å². The number of fused-ring (bicyclic) bond motifs is 1. The van der Waals surface area contributed by atoms with Gasteiger partial charge in [-0.2, -0.15) is 8.42 Å². The molecular weight excluding hydrogens is 492 g/mol. The molecular formula is C27H24N4O5S. The number of nitrogens with one attached hydrogen (secondary N) is 1. The Morgan fingerprint density at radius 3 is 2.38 bits per heavy atom. The summed E-state index contributed by atoms with van der Waals surface area (Å²) in [5.41, 5.74) is 3.14. The summed E-state index contributed by atoms with van der Waals surface area (Å²) >= 11 is -0.750. The molecule has 0 saturated heterocycles. The van der Waals surface area contributed by atoms with Crippen molar-refractivity contribution in [3.05, 3.63) is 101 Å². The highest BCUT2D eigenvalue weighted by Crippen LogP contribution is 2.34. The Hall–Kier alpha value is -4.57. The molecule has 0 aliphatic carbocycles. The number of benzene rings is 2. The number of anilines is 1. The fraction of sp³-hybridized carbons (Fsp3) is 0.148. The maximum Gasteiger partial charge on any atom is 0.335 e. The van der Waals surface area contributed by atoms with Gasteiger partial charge in [0.05, 0.1) is 11.9 Å². The van der Waals surface area contributed by atoms with E-state index in [4.69, 9.17) is 17.6 Å². The number of carbonyl (C=O) groups excluding carboxylic acids is 1. The number of imidazole rings is 1. The predicted octanol–water partition coefficient (Wildman–Crippen LogP) is 5.37. The first-order valence-corrected chi connectivity index (χ1v) is 12.0. The molecule has 0 unspecified atom stereocenters. The molecule has 0 radical (unpaired) electrons. The summed E-state index contributed by atoms with van der Waals surface area (Å²) in [5, 5.41) is 3.63. The van der Waals surface area contributed by atoms with Crippen LogP contribution in [-0.2, 0) is 18.1 Å². The number of furan rings is 1. The van der Waals surface area contributed by atoms with Gasteiger partial charge in [0.15, 0.2) is 0 Å². The second-order valence-electron chi connectivity index (χ2n) is 8.36. The lowest BCUT2D eigenvalue weighted by Gasteiger charge is -2.10. The molecule has 5 aromatic rings. The van der Waals surface area contributed by atoms with Gasteiger partial charge in [0, 0.05) is 24.2 Å². The number of aryl methyl sites for hydroxylation is 3. The number of amides is 1. The fourth-order valence-electron chi connectivity index (χ4n) is 3.66. The van der Waals surface area contributed by atoms with Crippen molar-refractivity contribution in [1.82, 2.24) is 14.5 Å². The van der Waals surface area contributed by atoms with E-state index in [2.05, 4.69) is 15.3 Å².